The van der Waals surface area contributed by atoms with Gasteiger partial charge in [0.2, 0.25) is 0 Å². The van der Waals surface area contributed by atoms with E-state index >= 15 is 0 Å². The molecule has 2 aromatic heterocycles. The Kier molecular flexibility index (Phi) is 8.60. The molecule has 0 unspecified atom stereocenters. The summed E-state index contributed by atoms with van der Waals surface area (Å²) in [7, 11) is 1.36. The number of hydrogen-bond donors (Lipinski definition) is 2. The zero-order chi connectivity index (χ0) is 26.7. The molecule has 0 saturated carbocycles. The van der Waals surface area contributed by atoms with Gasteiger partial charge in [-0.25, -0.2) is 24.8 Å². The highest BCUT2D eigenvalue weighted by Gasteiger charge is 2.29. The largest absolute Gasteiger partial charge is 0.443 e. The number of nitrogens with zero attached hydrogens (tertiary/aromatic N) is 3. The maximum absolute atomic E-state index is 13.1. The number of aromatic nitrogens is 2. The van der Waals surface area contributed by atoms with Crippen LogP contribution in [0.25, 0.3) is 10.2 Å². The molecule has 2 heterocycles. The molecule has 0 spiro atoms. The van der Waals surface area contributed by atoms with Crippen LogP contribution in [0.3, 0.4) is 0 Å². The number of urea groups is 1. The third-order valence-corrected chi connectivity index (χ3v) is 6.02. The van der Waals surface area contributed by atoms with Crippen LogP contribution in [0.2, 0.25) is 0 Å². The van der Waals surface area contributed by atoms with Gasteiger partial charge in [-0.1, -0.05) is 0 Å². The molecule has 3 N–H and O–H groups in total. The first-order valence-electron chi connectivity index (χ1n) is 10.4. The molecule has 0 bridgehead atoms. The van der Waals surface area contributed by atoms with Gasteiger partial charge in [-0.15, -0.1) is 11.3 Å². The number of primary amides is 1. The van der Waals surface area contributed by atoms with Crippen LogP contribution in [0.15, 0.2) is 9.59 Å². The summed E-state index contributed by atoms with van der Waals surface area (Å²) in [5, 5.41) is 0.775. The molecule has 11 nitrogen and oxygen atoms in total. The van der Waals surface area contributed by atoms with Crippen molar-refractivity contribution in [3.63, 3.8) is 0 Å². The second-order valence-electron chi connectivity index (χ2n) is 8.62. The average Bonchev–Trinajstić information content (AvgIpc) is 3.01. The number of nitrogens with one attached hydrogen (secondary N) is 1. The summed E-state index contributed by atoms with van der Waals surface area (Å²) >= 11 is 0.857. The summed E-state index contributed by atoms with van der Waals surface area (Å²) in [5.41, 5.74) is 5.43. The minimum atomic E-state index is -4.53. The van der Waals surface area contributed by atoms with Crippen molar-refractivity contribution in [2.24, 2.45) is 5.73 Å². The van der Waals surface area contributed by atoms with Crippen LogP contribution in [0, 0.1) is 6.92 Å². The minimum Gasteiger partial charge on any atom is -0.443 e. The molecule has 0 aliphatic heterocycles. The lowest BCUT2D eigenvalue weighted by molar-refractivity contribution is -0.136. The molecule has 35 heavy (non-hydrogen) atoms. The highest BCUT2D eigenvalue weighted by Crippen LogP contribution is 2.30. The van der Waals surface area contributed by atoms with Crippen LogP contribution < -0.4 is 22.4 Å². The molecule has 0 aromatic carbocycles. The molecular formula is C20H28F3N5O6S. The van der Waals surface area contributed by atoms with Gasteiger partial charge in [0.25, 0.3) is 5.56 Å². The standard InChI is InChI=1S/C20H28F3N5O6S/c1-11-12(10-28(16(24)30)25-17(31)34-19(2,3)4)35-15-13(11)14(29)26(8-9-33-5)18(32)27(15)7-6-20(21,22)23/h6-10H2,1-5H3,(H2,24,30)(H,25,31). The number of methoxy groups -OCH3 is 1. The normalized spacial score (nSPS) is 12.1. The van der Waals surface area contributed by atoms with Crippen LogP contribution in [0.4, 0.5) is 22.8 Å². The number of fused-ring (bicyclic) bond motifs is 1. The number of carbonyl (C=O) groups excluding carboxylic acids is 2. The SMILES string of the molecule is COCCn1c(=O)c2c(C)c(CN(NC(=O)OC(C)(C)C)C(N)=O)sc2n(CCC(F)(F)F)c1=O. The summed E-state index contributed by atoms with van der Waals surface area (Å²) in [4.78, 5) is 50.4. The summed E-state index contributed by atoms with van der Waals surface area (Å²) in [6.45, 7) is 5.19. The van der Waals surface area contributed by atoms with E-state index in [-0.39, 0.29) is 29.9 Å². The van der Waals surface area contributed by atoms with Crippen molar-refractivity contribution < 1.29 is 32.2 Å². The molecular weight excluding hydrogens is 495 g/mol. The van der Waals surface area contributed by atoms with Gasteiger partial charge in [0, 0.05) is 18.5 Å². The van der Waals surface area contributed by atoms with E-state index in [1.165, 1.54) is 14.0 Å². The Morgan fingerprint density at radius 3 is 2.29 bits per heavy atom. The van der Waals surface area contributed by atoms with Gasteiger partial charge >= 0.3 is 24.0 Å². The summed E-state index contributed by atoms with van der Waals surface area (Å²) < 4.78 is 50.5. The van der Waals surface area contributed by atoms with Gasteiger partial charge in [-0.2, -0.15) is 13.2 Å². The molecule has 2 aromatic rings. The molecule has 0 radical (unpaired) electrons. The van der Waals surface area contributed by atoms with Gasteiger partial charge < -0.3 is 15.2 Å². The Hall–Kier alpha value is -3.07. The summed E-state index contributed by atoms with van der Waals surface area (Å²) in [6, 6.07) is -1.04. The first-order chi connectivity index (χ1) is 16.1. The van der Waals surface area contributed by atoms with E-state index in [0.717, 1.165) is 25.5 Å². The third kappa shape index (κ3) is 7.21. The summed E-state index contributed by atoms with van der Waals surface area (Å²) in [6.07, 6.45) is -6.78. The number of rotatable bonds is 7. The van der Waals surface area contributed by atoms with Crippen molar-refractivity contribution in [3.05, 3.63) is 31.3 Å². The van der Waals surface area contributed by atoms with Crippen molar-refractivity contribution in [2.75, 3.05) is 13.7 Å². The van der Waals surface area contributed by atoms with Crippen LogP contribution in [0.1, 0.15) is 37.6 Å². The number of hydrazine groups is 1. The molecule has 0 saturated heterocycles. The van der Waals surface area contributed by atoms with Crippen LogP contribution in [-0.2, 0) is 29.1 Å². The number of carbonyl (C=O) groups is 2. The smallest absolute Gasteiger partial charge is 0.426 e. The highest BCUT2D eigenvalue weighted by molar-refractivity contribution is 7.18. The molecule has 0 aliphatic carbocycles. The Morgan fingerprint density at radius 2 is 1.77 bits per heavy atom. The maximum Gasteiger partial charge on any atom is 0.426 e. The van der Waals surface area contributed by atoms with Crippen molar-refractivity contribution in [2.45, 2.75) is 65.5 Å². The monoisotopic (exact) mass is 523 g/mol. The number of ether oxygens (including phenoxy) is 2. The quantitative estimate of drug-likeness (QED) is 0.535. The zero-order valence-electron chi connectivity index (χ0n) is 19.9. The molecule has 196 valence electrons. The van der Waals surface area contributed by atoms with Gasteiger partial charge in [0.15, 0.2) is 0 Å². The number of nitrogens with two attached hydrogens (primary N) is 1. The van der Waals surface area contributed by atoms with E-state index in [1.807, 2.05) is 0 Å². The lowest BCUT2D eigenvalue weighted by Gasteiger charge is -2.24. The highest BCUT2D eigenvalue weighted by atomic mass is 32.1. The van der Waals surface area contributed by atoms with Gasteiger partial charge in [-0.3, -0.25) is 13.9 Å². The van der Waals surface area contributed by atoms with Gasteiger partial charge in [-0.05, 0) is 33.3 Å². The van der Waals surface area contributed by atoms with Gasteiger partial charge in [0.05, 0.1) is 31.5 Å². The van der Waals surface area contributed by atoms with Crippen molar-refractivity contribution in [1.82, 2.24) is 19.6 Å². The molecule has 0 fully saturated rings. The predicted octanol–water partition coefficient (Wildman–Crippen LogP) is 2.45. The Bertz CT molecular complexity index is 1210. The van der Waals surface area contributed by atoms with Crippen molar-refractivity contribution >= 4 is 33.7 Å². The van der Waals surface area contributed by atoms with E-state index in [0.29, 0.717) is 10.4 Å². The molecule has 3 amide bonds. The molecule has 0 atom stereocenters. The fourth-order valence-electron chi connectivity index (χ4n) is 3.13. The predicted molar refractivity (Wildman–Crippen MR) is 122 cm³/mol. The van der Waals surface area contributed by atoms with E-state index in [2.05, 4.69) is 5.43 Å². The number of halogens is 3. The number of hydrogen-bond acceptors (Lipinski definition) is 7. The first-order valence-corrected chi connectivity index (χ1v) is 11.2. The summed E-state index contributed by atoms with van der Waals surface area (Å²) in [5.74, 6) is 0. The van der Waals surface area contributed by atoms with E-state index in [9.17, 15) is 32.3 Å². The second-order valence-corrected chi connectivity index (χ2v) is 9.70. The first kappa shape index (κ1) is 28.2. The topological polar surface area (TPSA) is 138 Å². The number of aryl methyl sites for hydroxylation is 2. The number of thiophene rings is 1. The lowest BCUT2D eigenvalue weighted by atomic mass is 10.2. The fourth-order valence-corrected chi connectivity index (χ4v) is 4.44. The number of alkyl halides is 3. The van der Waals surface area contributed by atoms with Crippen molar-refractivity contribution in [3.8, 4) is 0 Å². The minimum absolute atomic E-state index is 0.00870. The average molecular weight is 524 g/mol. The molecule has 0 aliphatic rings. The van der Waals surface area contributed by atoms with E-state index < -0.39 is 48.1 Å². The molecule has 2 rings (SSSR count). The Labute approximate surface area is 202 Å². The molecule has 15 heteroatoms. The second kappa shape index (κ2) is 10.7. The lowest BCUT2D eigenvalue weighted by Crippen LogP contribution is -2.49. The van der Waals surface area contributed by atoms with Crippen molar-refractivity contribution in [1.29, 1.82) is 0 Å². The van der Waals surface area contributed by atoms with E-state index in [1.54, 1.807) is 20.8 Å². The fraction of sp³-hybridized carbons (Fsp3) is 0.600. The number of amides is 3. The Balaban J connectivity index is 2.58. The van der Waals surface area contributed by atoms with E-state index in [4.69, 9.17) is 15.2 Å². The van der Waals surface area contributed by atoms with Crippen LogP contribution in [-0.4, -0.2) is 51.8 Å². The maximum atomic E-state index is 13.1. The Morgan fingerprint density at radius 1 is 1.14 bits per heavy atom. The third-order valence-electron chi connectivity index (χ3n) is 4.72. The zero-order valence-corrected chi connectivity index (χ0v) is 20.8. The van der Waals surface area contributed by atoms with Gasteiger partial charge in [0.1, 0.15) is 10.4 Å². The van der Waals surface area contributed by atoms with Crippen LogP contribution in [0.5, 0.6) is 0 Å². The van der Waals surface area contributed by atoms with Crippen LogP contribution >= 0.6 is 11.3 Å².